The summed E-state index contributed by atoms with van der Waals surface area (Å²) in [5.41, 5.74) is 6.42. The first-order chi connectivity index (χ1) is 9.41. The van der Waals surface area contributed by atoms with E-state index >= 15 is 0 Å². The van der Waals surface area contributed by atoms with Crippen LogP contribution in [0.5, 0.6) is 0 Å². The van der Waals surface area contributed by atoms with Gasteiger partial charge in [-0.15, -0.1) is 0 Å². The van der Waals surface area contributed by atoms with Gasteiger partial charge in [-0.2, -0.15) is 0 Å². The van der Waals surface area contributed by atoms with Gasteiger partial charge in [0.2, 0.25) is 5.91 Å². The van der Waals surface area contributed by atoms with Crippen LogP contribution in [0.1, 0.15) is 31.7 Å². The molecule has 5 heteroatoms. The SMILES string of the molecule is CC(C)C[C@@H](N)C(=O)NCC(C(=O)O)c1ccccc1. The number of nitrogens with two attached hydrogens (primary N) is 1. The second kappa shape index (κ2) is 7.65. The molecule has 0 saturated heterocycles. The lowest BCUT2D eigenvalue weighted by Crippen LogP contribution is -2.43. The summed E-state index contributed by atoms with van der Waals surface area (Å²) in [7, 11) is 0. The van der Waals surface area contributed by atoms with Crippen molar-refractivity contribution in [3.63, 3.8) is 0 Å². The molecule has 1 unspecified atom stereocenters. The molecule has 2 atom stereocenters. The highest BCUT2D eigenvalue weighted by Crippen LogP contribution is 2.14. The van der Waals surface area contributed by atoms with Gasteiger partial charge in [-0.25, -0.2) is 0 Å². The van der Waals surface area contributed by atoms with E-state index in [1.165, 1.54) is 0 Å². The number of nitrogens with one attached hydrogen (secondary N) is 1. The third-order valence-corrected chi connectivity index (χ3v) is 3.04. The van der Waals surface area contributed by atoms with Crippen molar-refractivity contribution in [2.45, 2.75) is 32.2 Å². The second-order valence-electron chi connectivity index (χ2n) is 5.28. The van der Waals surface area contributed by atoms with Gasteiger partial charge in [0.05, 0.1) is 12.0 Å². The molecule has 0 aromatic heterocycles. The molecule has 0 fully saturated rings. The van der Waals surface area contributed by atoms with Gasteiger partial charge in [-0.1, -0.05) is 44.2 Å². The largest absolute Gasteiger partial charge is 0.481 e. The summed E-state index contributed by atoms with van der Waals surface area (Å²) in [6.07, 6.45) is 0.578. The summed E-state index contributed by atoms with van der Waals surface area (Å²) in [4.78, 5) is 23.1. The fraction of sp³-hybridized carbons (Fsp3) is 0.467. The van der Waals surface area contributed by atoms with Crippen LogP contribution in [-0.2, 0) is 9.59 Å². The first-order valence-corrected chi connectivity index (χ1v) is 6.72. The van der Waals surface area contributed by atoms with Gasteiger partial charge in [0.25, 0.3) is 0 Å². The van der Waals surface area contributed by atoms with E-state index in [9.17, 15) is 14.7 Å². The Bertz CT molecular complexity index is 446. The van der Waals surface area contributed by atoms with Crippen LogP contribution >= 0.6 is 0 Å². The minimum atomic E-state index is -0.964. The average molecular weight is 278 g/mol. The van der Waals surface area contributed by atoms with Gasteiger partial charge >= 0.3 is 5.97 Å². The van der Waals surface area contributed by atoms with Crippen molar-refractivity contribution in [1.82, 2.24) is 5.32 Å². The fourth-order valence-corrected chi connectivity index (χ4v) is 1.98. The van der Waals surface area contributed by atoms with Crippen molar-refractivity contribution in [2.24, 2.45) is 11.7 Å². The van der Waals surface area contributed by atoms with Crippen LogP contribution in [0.3, 0.4) is 0 Å². The summed E-state index contributed by atoms with van der Waals surface area (Å²) in [5.74, 6) is -1.71. The molecular weight excluding hydrogens is 256 g/mol. The van der Waals surface area contributed by atoms with E-state index in [1.54, 1.807) is 24.3 Å². The standard InChI is InChI=1S/C15H22N2O3/c1-10(2)8-13(16)14(18)17-9-12(15(19)20)11-6-4-3-5-7-11/h3-7,10,12-13H,8-9,16H2,1-2H3,(H,17,18)(H,19,20)/t12?,13-/m1/s1. The lowest BCUT2D eigenvalue weighted by molar-refractivity contribution is -0.138. The highest BCUT2D eigenvalue weighted by atomic mass is 16.4. The molecule has 0 radical (unpaired) electrons. The van der Waals surface area contributed by atoms with Gasteiger partial charge in [-0.05, 0) is 17.9 Å². The molecular formula is C15H22N2O3. The lowest BCUT2D eigenvalue weighted by atomic mass is 9.99. The molecule has 0 spiro atoms. The molecule has 0 heterocycles. The minimum absolute atomic E-state index is 0.0456. The van der Waals surface area contributed by atoms with E-state index < -0.39 is 17.9 Å². The molecule has 1 rings (SSSR count). The Balaban J connectivity index is 2.61. The molecule has 4 N–H and O–H groups in total. The van der Waals surface area contributed by atoms with Crippen LogP contribution in [0.15, 0.2) is 30.3 Å². The fourth-order valence-electron chi connectivity index (χ4n) is 1.98. The quantitative estimate of drug-likeness (QED) is 0.702. The van der Waals surface area contributed by atoms with Gasteiger partial charge in [0.1, 0.15) is 0 Å². The molecule has 0 bridgehead atoms. The topological polar surface area (TPSA) is 92.4 Å². The molecule has 0 aliphatic heterocycles. The Hall–Kier alpha value is -1.88. The van der Waals surface area contributed by atoms with Gasteiger partial charge < -0.3 is 16.2 Å². The summed E-state index contributed by atoms with van der Waals surface area (Å²) in [6, 6.07) is 8.24. The van der Waals surface area contributed by atoms with Gasteiger partial charge in [0, 0.05) is 6.54 Å². The van der Waals surface area contributed by atoms with Crippen molar-refractivity contribution < 1.29 is 14.7 Å². The van der Waals surface area contributed by atoms with Crippen LogP contribution in [0.25, 0.3) is 0 Å². The number of carbonyl (C=O) groups is 2. The molecule has 1 amide bonds. The van der Waals surface area contributed by atoms with E-state index in [0.29, 0.717) is 17.9 Å². The van der Waals surface area contributed by atoms with Crippen LogP contribution in [0.4, 0.5) is 0 Å². The average Bonchev–Trinajstić information content (AvgIpc) is 2.38. The van der Waals surface area contributed by atoms with Crippen LogP contribution in [-0.4, -0.2) is 29.6 Å². The summed E-state index contributed by atoms with van der Waals surface area (Å²) >= 11 is 0. The molecule has 110 valence electrons. The number of benzene rings is 1. The number of hydrogen-bond acceptors (Lipinski definition) is 3. The third-order valence-electron chi connectivity index (χ3n) is 3.04. The number of carbonyl (C=O) groups excluding carboxylic acids is 1. The summed E-state index contributed by atoms with van der Waals surface area (Å²) in [6.45, 7) is 4.01. The van der Waals surface area contributed by atoms with Crippen molar-refractivity contribution >= 4 is 11.9 Å². The zero-order valence-corrected chi connectivity index (χ0v) is 11.9. The highest BCUT2D eigenvalue weighted by Gasteiger charge is 2.22. The number of amides is 1. The van der Waals surface area contributed by atoms with Crippen molar-refractivity contribution in [3.8, 4) is 0 Å². The normalized spacial score (nSPS) is 13.8. The van der Waals surface area contributed by atoms with Gasteiger partial charge in [0.15, 0.2) is 0 Å². The monoisotopic (exact) mass is 278 g/mol. The molecule has 5 nitrogen and oxygen atoms in total. The Morgan fingerprint density at radius 2 is 1.85 bits per heavy atom. The molecule has 1 aromatic rings. The maximum atomic E-state index is 11.8. The van der Waals surface area contributed by atoms with Crippen molar-refractivity contribution in [1.29, 1.82) is 0 Å². The van der Waals surface area contributed by atoms with E-state index in [4.69, 9.17) is 5.73 Å². The number of hydrogen-bond donors (Lipinski definition) is 3. The molecule has 20 heavy (non-hydrogen) atoms. The zero-order valence-electron chi connectivity index (χ0n) is 11.9. The van der Waals surface area contributed by atoms with E-state index in [1.807, 2.05) is 19.9 Å². The first-order valence-electron chi connectivity index (χ1n) is 6.72. The van der Waals surface area contributed by atoms with Crippen LogP contribution in [0.2, 0.25) is 0 Å². The predicted octanol–water partition coefficient (Wildman–Crippen LogP) is 1.34. The zero-order chi connectivity index (χ0) is 15.1. The predicted molar refractivity (Wildman–Crippen MR) is 77.3 cm³/mol. The molecule has 0 saturated carbocycles. The Labute approximate surface area is 119 Å². The van der Waals surface area contributed by atoms with E-state index in [0.717, 1.165) is 0 Å². The highest BCUT2D eigenvalue weighted by molar-refractivity contribution is 5.83. The van der Waals surface area contributed by atoms with Crippen LogP contribution < -0.4 is 11.1 Å². The minimum Gasteiger partial charge on any atom is -0.481 e. The lowest BCUT2D eigenvalue weighted by Gasteiger charge is -2.17. The molecule has 1 aromatic carbocycles. The summed E-state index contributed by atoms with van der Waals surface area (Å²) in [5, 5.41) is 11.9. The number of aliphatic carboxylic acids is 1. The number of rotatable bonds is 7. The maximum Gasteiger partial charge on any atom is 0.312 e. The maximum absolute atomic E-state index is 11.8. The molecule has 0 aliphatic carbocycles. The smallest absolute Gasteiger partial charge is 0.312 e. The number of carboxylic acid groups (broad SMARTS) is 1. The number of carboxylic acids is 1. The van der Waals surface area contributed by atoms with Gasteiger partial charge in [-0.3, -0.25) is 9.59 Å². The van der Waals surface area contributed by atoms with Crippen molar-refractivity contribution in [3.05, 3.63) is 35.9 Å². The Morgan fingerprint density at radius 3 is 2.35 bits per heavy atom. The second-order valence-corrected chi connectivity index (χ2v) is 5.28. The molecule has 0 aliphatic rings. The Morgan fingerprint density at radius 1 is 1.25 bits per heavy atom. The van der Waals surface area contributed by atoms with E-state index in [-0.39, 0.29) is 12.5 Å². The van der Waals surface area contributed by atoms with Crippen LogP contribution in [0, 0.1) is 5.92 Å². The summed E-state index contributed by atoms with van der Waals surface area (Å²) < 4.78 is 0. The third kappa shape index (κ3) is 5.01. The Kier molecular flexibility index (Phi) is 6.18. The van der Waals surface area contributed by atoms with E-state index in [2.05, 4.69) is 5.32 Å². The van der Waals surface area contributed by atoms with Crippen molar-refractivity contribution in [2.75, 3.05) is 6.54 Å². The first kappa shape index (κ1) is 16.2.